The highest BCUT2D eigenvalue weighted by molar-refractivity contribution is 9.12. The minimum absolute atomic E-state index is 0.117. The molecule has 6 nitrogen and oxygen atoms in total. The minimum atomic E-state index is -0.260. The molecule has 4 bridgehead atoms. The van der Waals surface area contributed by atoms with E-state index in [4.69, 9.17) is 0 Å². The Morgan fingerprint density at radius 3 is 1.00 bits per heavy atom. The number of hydrogen-bond donors (Lipinski definition) is 0. The quantitative estimate of drug-likeness (QED) is 0.342. The summed E-state index contributed by atoms with van der Waals surface area (Å²) >= 11 is 14.8. The standard InChI is InChI=1S/C20H20Br4N2O4/c21-13-5-3-6(14(13)22)10-9(5)17(27)25(18(10)28)1-2-26-19(29)11-7-4-8(12(11)20(26)30)16(24)15(7)23/h5-16H,1-4H2/t5-,6-,7-,8-,9-,10-,11-,12+,13+,14+,15-,16+/m1/s1. The Bertz CT molecular complexity index is 751. The Balaban J connectivity index is 1.18. The van der Waals surface area contributed by atoms with E-state index in [0.717, 1.165) is 12.8 Å². The van der Waals surface area contributed by atoms with Crippen molar-refractivity contribution in [2.24, 2.45) is 47.3 Å². The summed E-state index contributed by atoms with van der Waals surface area (Å²) in [5.41, 5.74) is 0. The number of nitrogens with zero attached hydrogens (tertiary/aromatic N) is 2. The predicted molar refractivity (Wildman–Crippen MR) is 121 cm³/mol. The molecule has 2 aliphatic heterocycles. The van der Waals surface area contributed by atoms with E-state index in [-0.39, 0.29) is 103 Å². The van der Waals surface area contributed by atoms with Crippen LogP contribution in [-0.2, 0) is 19.2 Å². The second-order valence-corrected chi connectivity index (χ2v) is 13.9. The van der Waals surface area contributed by atoms with Crippen molar-refractivity contribution in [1.82, 2.24) is 9.80 Å². The molecule has 30 heavy (non-hydrogen) atoms. The third kappa shape index (κ3) is 2.40. The first-order chi connectivity index (χ1) is 14.2. The number of fused-ring (bicyclic) bond motifs is 10. The van der Waals surface area contributed by atoms with E-state index in [2.05, 4.69) is 63.7 Å². The van der Waals surface area contributed by atoms with E-state index in [1.54, 1.807) is 0 Å². The van der Waals surface area contributed by atoms with Gasteiger partial charge in [0, 0.05) is 32.4 Å². The molecule has 2 saturated heterocycles. The van der Waals surface area contributed by atoms with Crippen molar-refractivity contribution in [2.45, 2.75) is 32.2 Å². The molecule has 0 radical (unpaired) electrons. The van der Waals surface area contributed by atoms with Crippen LogP contribution in [-0.4, -0.2) is 65.8 Å². The van der Waals surface area contributed by atoms with Gasteiger partial charge < -0.3 is 0 Å². The first-order valence-corrected chi connectivity index (χ1v) is 14.2. The zero-order valence-electron chi connectivity index (χ0n) is 15.8. The number of hydrogen-bond acceptors (Lipinski definition) is 4. The number of amides is 4. The molecule has 0 unspecified atom stereocenters. The van der Waals surface area contributed by atoms with Crippen LogP contribution in [0.2, 0.25) is 0 Å². The molecule has 6 aliphatic rings. The average Bonchev–Trinajstić information content (AvgIpc) is 3.50. The third-order valence-corrected chi connectivity index (χ3v) is 15.1. The highest BCUT2D eigenvalue weighted by Crippen LogP contribution is 2.61. The van der Waals surface area contributed by atoms with Gasteiger partial charge in [-0.15, -0.1) is 0 Å². The van der Waals surface area contributed by atoms with Gasteiger partial charge in [0.2, 0.25) is 23.6 Å². The van der Waals surface area contributed by atoms with Crippen molar-refractivity contribution in [3.63, 3.8) is 0 Å². The van der Waals surface area contributed by atoms with Crippen molar-refractivity contribution in [2.75, 3.05) is 13.1 Å². The number of carbonyl (C=O) groups is 4. The second kappa shape index (κ2) is 6.86. The third-order valence-electron chi connectivity index (χ3n) is 8.70. The predicted octanol–water partition coefficient (Wildman–Crippen LogP) is 2.54. The van der Waals surface area contributed by atoms with Gasteiger partial charge in [0.15, 0.2) is 0 Å². The van der Waals surface area contributed by atoms with Crippen LogP contribution in [0.15, 0.2) is 0 Å². The van der Waals surface area contributed by atoms with Gasteiger partial charge in [-0.05, 0) is 36.5 Å². The molecule has 12 atom stereocenters. The Kier molecular flexibility index (Phi) is 4.75. The Morgan fingerprint density at radius 2 is 0.767 bits per heavy atom. The second-order valence-electron chi connectivity index (χ2n) is 9.66. The summed E-state index contributed by atoms with van der Waals surface area (Å²) in [5, 5.41) is 0. The molecule has 6 fully saturated rings. The molecular formula is C20H20Br4N2O4. The lowest BCUT2D eigenvalue weighted by Crippen LogP contribution is -2.42. The van der Waals surface area contributed by atoms with Crippen LogP contribution in [0.5, 0.6) is 0 Å². The van der Waals surface area contributed by atoms with E-state index in [9.17, 15) is 19.2 Å². The normalized spacial score (nSPS) is 53.5. The molecule has 10 heteroatoms. The van der Waals surface area contributed by atoms with Gasteiger partial charge in [-0.25, -0.2) is 0 Å². The van der Waals surface area contributed by atoms with E-state index < -0.39 is 0 Å². The maximum atomic E-state index is 13.1. The van der Waals surface area contributed by atoms with Crippen molar-refractivity contribution in [3.8, 4) is 0 Å². The van der Waals surface area contributed by atoms with Crippen LogP contribution in [0, 0.1) is 47.3 Å². The number of likely N-dealkylation sites (tertiary alicyclic amines) is 2. The largest absolute Gasteiger partial charge is 0.280 e. The SMILES string of the molecule is O=C1[C@@H]2[C@H]3C[C@@H]([C@H](Br)[C@H]3Br)[C@H]2C(=O)N1CCN1C(=O)[C@@H]2[C@H]3C[C@@H]([C@H](Br)[C@@H]3Br)[C@@H]2C1=O. The summed E-state index contributed by atoms with van der Waals surface area (Å²) in [7, 11) is 0. The number of alkyl halides is 4. The lowest BCUT2D eigenvalue weighted by molar-refractivity contribution is -0.146. The topological polar surface area (TPSA) is 74.8 Å². The lowest BCUT2D eigenvalue weighted by atomic mass is 9.81. The first kappa shape index (κ1) is 20.8. The fourth-order valence-electron chi connectivity index (χ4n) is 7.46. The molecule has 4 amide bonds. The highest BCUT2D eigenvalue weighted by atomic mass is 79.9. The van der Waals surface area contributed by atoms with Crippen molar-refractivity contribution in [3.05, 3.63) is 0 Å². The summed E-state index contributed by atoms with van der Waals surface area (Å²) < 4.78 is 0. The van der Waals surface area contributed by atoms with Gasteiger partial charge in [-0.1, -0.05) is 63.7 Å². The number of carbonyl (C=O) groups excluding carboxylic acids is 4. The summed E-state index contributed by atoms with van der Waals surface area (Å²) in [4.78, 5) is 55.7. The van der Waals surface area contributed by atoms with Gasteiger partial charge in [0.05, 0.1) is 23.7 Å². The first-order valence-electron chi connectivity index (χ1n) is 10.5. The zero-order valence-corrected chi connectivity index (χ0v) is 22.1. The van der Waals surface area contributed by atoms with Crippen LogP contribution in [0.25, 0.3) is 0 Å². The maximum absolute atomic E-state index is 13.1. The number of rotatable bonds is 3. The summed E-state index contributed by atoms with van der Waals surface area (Å²) in [6.07, 6.45) is 1.78. The summed E-state index contributed by atoms with van der Waals surface area (Å²) in [5.74, 6) is -0.857. The van der Waals surface area contributed by atoms with E-state index in [0.29, 0.717) is 0 Å². The Hall–Kier alpha value is 0.200. The molecule has 0 aromatic rings. The summed E-state index contributed by atoms with van der Waals surface area (Å²) in [6, 6.07) is 0. The fourth-order valence-corrected chi connectivity index (χ4v) is 11.2. The molecule has 162 valence electrons. The van der Waals surface area contributed by atoms with Gasteiger partial charge in [-0.3, -0.25) is 29.0 Å². The fraction of sp³-hybridized carbons (Fsp3) is 0.800. The lowest BCUT2D eigenvalue weighted by Gasteiger charge is -2.28. The Morgan fingerprint density at radius 1 is 0.533 bits per heavy atom. The summed E-state index contributed by atoms with van der Waals surface area (Å²) in [6.45, 7) is 0.234. The van der Waals surface area contributed by atoms with Gasteiger partial charge >= 0.3 is 0 Å². The molecule has 0 aromatic heterocycles. The highest BCUT2D eigenvalue weighted by Gasteiger charge is 2.68. The molecule has 0 N–H and O–H groups in total. The molecule has 4 aliphatic carbocycles. The maximum Gasteiger partial charge on any atom is 0.233 e. The average molecular weight is 672 g/mol. The molecule has 0 spiro atoms. The van der Waals surface area contributed by atoms with Crippen molar-refractivity contribution in [1.29, 1.82) is 0 Å². The number of halogens is 4. The molecule has 4 saturated carbocycles. The molecule has 0 aromatic carbocycles. The van der Waals surface area contributed by atoms with Crippen LogP contribution >= 0.6 is 63.7 Å². The van der Waals surface area contributed by atoms with Crippen LogP contribution in [0.3, 0.4) is 0 Å². The zero-order chi connectivity index (χ0) is 21.2. The number of imide groups is 2. The van der Waals surface area contributed by atoms with E-state index in [1.807, 2.05) is 0 Å². The monoisotopic (exact) mass is 668 g/mol. The molecule has 6 rings (SSSR count). The van der Waals surface area contributed by atoms with Crippen molar-refractivity contribution >= 4 is 87.3 Å². The van der Waals surface area contributed by atoms with Crippen LogP contribution in [0.1, 0.15) is 12.8 Å². The van der Waals surface area contributed by atoms with E-state index >= 15 is 0 Å². The smallest absolute Gasteiger partial charge is 0.233 e. The van der Waals surface area contributed by atoms with E-state index in [1.165, 1.54) is 9.80 Å². The Labute approximate surface area is 207 Å². The van der Waals surface area contributed by atoms with Crippen molar-refractivity contribution < 1.29 is 19.2 Å². The minimum Gasteiger partial charge on any atom is -0.280 e. The van der Waals surface area contributed by atoms with Crippen LogP contribution < -0.4 is 0 Å². The van der Waals surface area contributed by atoms with Gasteiger partial charge in [0.1, 0.15) is 0 Å². The van der Waals surface area contributed by atoms with Gasteiger partial charge in [0.25, 0.3) is 0 Å². The molecule has 2 heterocycles. The van der Waals surface area contributed by atoms with Gasteiger partial charge in [-0.2, -0.15) is 0 Å². The molecular weight excluding hydrogens is 652 g/mol. The van der Waals surface area contributed by atoms with Crippen LogP contribution in [0.4, 0.5) is 0 Å².